The Bertz CT molecular complexity index is 1180. The van der Waals surface area contributed by atoms with Crippen LogP contribution in [0.1, 0.15) is 96.1 Å². The lowest BCUT2D eigenvalue weighted by Crippen LogP contribution is -2.18. The van der Waals surface area contributed by atoms with E-state index in [1.165, 1.54) is 44.3 Å². The Balaban J connectivity index is 0.000000151. The second-order valence-electron chi connectivity index (χ2n) is 10.0. The zero-order valence-electron chi connectivity index (χ0n) is 21.4. The minimum atomic E-state index is 0.340. The second-order valence-corrected chi connectivity index (χ2v) is 10.0. The zero-order valence-corrected chi connectivity index (χ0v) is 21.4. The summed E-state index contributed by atoms with van der Waals surface area (Å²) in [6, 6.07) is 0.544. The first-order chi connectivity index (χ1) is 17.1. The van der Waals surface area contributed by atoms with Gasteiger partial charge in [0.25, 0.3) is 0 Å². The fraction of sp³-hybridized carbons (Fsp3) is 0.615. The van der Waals surface area contributed by atoms with E-state index in [2.05, 4.69) is 62.1 Å². The molecular weight excluding hydrogens is 438 g/mol. The Kier molecular flexibility index (Phi) is 6.92. The Hall–Kier alpha value is -3.10. The fourth-order valence-corrected chi connectivity index (χ4v) is 4.80. The lowest BCUT2D eigenvalue weighted by atomic mass is 10.2. The molecule has 2 aliphatic carbocycles. The molecule has 0 radical (unpaired) electrons. The molecule has 0 bridgehead atoms. The third-order valence-electron chi connectivity index (χ3n) is 6.88. The highest BCUT2D eigenvalue weighted by molar-refractivity contribution is 5.68. The molecule has 0 saturated heterocycles. The van der Waals surface area contributed by atoms with Crippen molar-refractivity contribution >= 4 is 5.82 Å². The van der Waals surface area contributed by atoms with Gasteiger partial charge in [0.05, 0.1) is 12.5 Å². The van der Waals surface area contributed by atoms with Gasteiger partial charge in [-0.3, -0.25) is 0 Å². The van der Waals surface area contributed by atoms with Crippen molar-refractivity contribution in [3.63, 3.8) is 0 Å². The Labute approximate surface area is 207 Å². The van der Waals surface area contributed by atoms with E-state index in [0.717, 1.165) is 54.2 Å². The number of hydrogen-bond donors (Lipinski definition) is 1. The fourth-order valence-electron chi connectivity index (χ4n) is 4.80. The Morgan fingerprint density at radius 2 is 1.77 bits per heavy atom. The van der Waals surface area contributed by atoms with E-state index in [1.807, 2.05) is 12.5 Å². The van der Waals surface area contributed by atoms with Crippen LogP contribution in [0.2, 0.25) is 0 Å². The lowest BCUT2D eigenvalue weighted by Gasteiger charge is -2.16. The first-order valence-electron chi connectivity index (χ1n) is 13.2. The van der Waals surface area contributed by atoms with Crippen molar-refractivity contribution in [2.24, 2.45) is 0 Å². The van der Waals surface area contributed by atoms with Crippen LogP contribution in [0.25, 0.3) is 23.0 Å². The van der Waals surface area contributed by atoms with Crippen LogP contribution in [-0.4, -0.2) is 45.1 Å². The van der Waals surface area contributed by atoms with Gasteiger partial charge < -0.3 is 14.5 Å². The molecule has 2 saturated carbocycles. The van der Waals surface area contributed by atoms with Gasteiger partial charge in [0, 0.05) is 31.0 Å². The number of nitrogens with one attached hydrogen (secondary N) is 1. The molecule has 0 aromatic carbocycles. The van der Waals surface area contributed by atoms with Crippen LogP contribution in [0.4, 0.5) is 5.82 Å². The highest BCUT2D eigenvalue weighted by atomic mass is 15.2. The van der Waals surface area contributed by atoms with Crippen LogP contribution in [0.3, 0.4) is 0 Å². The average molecular weight is 476 g/mol. The first kappa shape index (κ1) is 23.6. The molecule has 1 N–H and O–H groups in total. The molecule has 35 heavy (non-hydrogen) atoms. The summed E-state index contributed by atoms with van der Waals surface area (Å²) in [5.41, 5.74) is 1.83. The molecule has 0 aromatic heterocycles. The van der Waals surface area contributed by atoms with Crippen LogP contribution in [0, 0.1) is 0 Å². The highest BCUT2D eigenvalue weighted by Gasteiger charge is 2.29. The molecule has 0 aromatic rings. The van der Waals surface area contributed by atoms with Gasteiger partial charge in [-0.15, -0.1) is 0 Å². The van der Waals surface area contributed by atoms with Crippen molar-refractivity contribution in [3.05, 3.63) is 30.5 Å². The summed E-state index contributed by atoms with van der Waals surface area (Å²) in [6.07, 6.45) is 14.1. The number of anilines is 1. The molecule has 6 aliphatic rings. The number of imidazole rings is 2. The van der Waals surface area contributed by atoms with Crippen molar-refractivity contribution < 1.29 is 0 Å². The number of nitrogens with zero attached hydrogens (tertiary/aromatic N) is 8. The van der Waals surface area contributed by atoms with Gasteiger partial charge in [-0.25, -0.2) is 29.9 Å². The van der Waals surface area contributed by atoms with Gasteiger partial charge in [0.1, 0.15) is 23.7 Å². The zero-order chi connectivity index (χ0) is 24.4. The number of rotatable bonds is 7. The maximum absolute atomic E-state index is 4.71. The van der Waals surface area contributed by atoms with Crippen LogP contribution in [0.15, 0.2) is 18.9 Å². The number of aryl methyl sites for hydroxylation is 1. The van der Waals surface area contributed by atoms with Crippen LogP contribution >= 0.6 is 0 Å². The second kappa shape index (κ2) is 10.3. The third kappa shape index (κ3) is 4.99. The van der Waals surface area contributed by atoms with Crippen molar-refractivity contribution in [1.82, 2.24) is 39.0 Å². The first-order valence-corrected chi connectivity index (χ1v) is 13.2. The van der Waals surface area contributed by atoms with Crippen molar-refractivity contribution in [2.75, 3.05) is 5.32 Å². The highest BCUT2D eigenvalue weighted by Crippen LogP contribution is 2.40. The minimum Gasteiger partial charge on any atom is -0.365 e. The average Bonchev–Trinajstić information content (AvgIpc) is 3.24. The number of hydrogen-bond acceptors (Lipinski definition) is 7. The third-order valence-corrected chi connectivity index (χ3v) is 6.88. The molecule has 186 valence electrons. The number of fused-ring (bicyclic) bond motifs is 2. The SMILES string of the molecule is CCCn1c2ncnc-2cnc1C1CC1.CCn1cnc(NC2CCCC2)c2nc(C(C)C)nc1-2. The molecular formula is C26H37N9. The summed E-state index contributed by atoms with van der Waals surface area (Å²) in [4.78, 5) is 27.0. The molecule has 6 rings (SSSR count). The molecule has 0 atom stereocenters. The van der Waals surface area contributed by atoms with Crippen LogP contribution in [0.5, 0.6) is 0 Å². The van der Waals surface area contributed by atoms with E-state index >= 15 is 0 Å². The van der Waals surface area contributed by atoms with Gasteiger partial charge >= 0.3 is 0 Å². The van der Waals surface area contributed by atoms with Crippen molar-refractivity contribution in [2.45, 2.75) is 104 Å². The standard InChI is InChI=1S/C15H23N5.C11H14N4/c1-4-20-9-16-14(17-11-7-5-6-8-11)12-15(20)19-13(18-12)10(2)3;1-2-5-15-10(8-3-4-8)12-6-9-11(15)14-7-13-9/h9-11,17H,4-8H2,1-3H3;6-8H,2-5H2,1H3. The molecule has 0 amide bonds. The molecule has 4 aliphatic heterocycles. The van der Waals surface area contributed by atoms with E-state index in [9.17, 15) is 0 Å². The van der Waals surface area contributed by atoms with E-state index in [4.69, 9.17) is 9.97 Å². The normalized spacial score (nSPS) is 16.3. The summed E-state index contributed by atoms with van der Waals surface area (Å²) in [7, 11) is 0. The maximum atomic E-state index is 4.71. The minimum absolute atomic E-state index is 0.340. The molecule has 0 unspecified atom stereocenters. The van der Waals surface area contributed by atoms with Crippen molar-refractivity contribution in [1.29, 1.82) is 0 Å². The van der Waals surface area contributed by atoms with E-state index in [1.54, 1.807) is 6.33 Å². The van der Waals surface area contributed by atoms with Gasteiger partial charge in [-0.2, -0.15) is 0 Å². The molecule has 4 heterocycles. The predicted molar refractivity (Wildman–Crippen MR) is 137 cm³/mol. The van der Waals surface area contributed by atoms with Crippen molar-refractivity contribution in [3.8, 4) is 23.0 Å². The topological polar surface area (TPSA) is 99.2 Å². The smallest absolute Gasteiger partial charge is 0.165 e. The largest absolute Gasteiger partial charge is 0.365 e. The monoisotopic (exact) mass is 475 g/mol. The predicted octanol–water partition coefficient (Wildman–Crippen LogP) is 5.34. The summed E-state index contributed by atoms with van der Waals surface area (Å²) >= 11 is 0. The summed E-state index contributed by atoms with van der Waals surface area (Å²) < 4.78 is 4.30. The van der Waals surface area contributed by atoms with E-state index in [0.29, 0.717) is 17.9 Å². The maximum Gasteiger partial charge on any atom is 0.165 e. The molecule has 9 heteroatoms. The summed E-state index contributed by atoms with van der Waals surface area (Å²) in [5, 5.41) is 3.56. The lowest BCUT2D eigenvalue weighted by molar-refractivity contribution is 0.616. The quantitative estimate of drug-likeness (QED) is 0.385. The van der Waals surface area contributed by atoms with Gasteiger partial charge in [0.15, 0.2) is 23.2 Å². The summed E-state index contributed by atoms with van der Waals surface area (Å²) in [5.74, 6) is 5.95. The van der Waals surface area contributed by atoms with Gasteiger partial charge in [-0.1, -0.05) is 33.6 Å². The molecule has 0 spiro atoms. The Morgan fingerprint density at radius 3 is 2.46 bits per heavy atom. The van der Waals surface area contributed by atoms with Gasteiger partial charge in [-0.05, 0) is 39.0 Å². The van der Waals surface area contributed by atoms with Crippen LogP contribution < -0.4 is 5.32 Å². The Morgan fingerprint density at radius 1 is 0.971 bits per heavy atom. The van der Waals surface area contributed by atoms with E-state index < -0.39 is 0 Å². The molecule has 9 nitrogen and oxygen atoms in total. The molecule has 2 fully saturated rings. The number of aromatic nitrogens is 8. The van der Waals surface area contributed by atoms with E-state index in [-0.39, 0.29) is 0 Å². The van der Waals surface area contributed by atoms with Gasteiger partial charge in [0.2, 0.25) is 0 Å². The van der Waals surface area contributed by atoms with Crippen LogP contribution in [-0.2, 0) is 13.1 Å². The summed E-state index contributed by atoms with van der Waals surface area (Å²) in [6.45, 7) is 10.4.